The zero-order valence-electron chi connectivity index (χ0n) is 18.3. The van der Waals surface area contributed by atoms with Crippen LogP contribution in [0.25, 0.3) is 0 Å². The molecule has 2 heterocycles. The molecule has 1 unspecified atom stereocenters. The van der Waals surface area contributed by atoms with Crippen LogP contribution in [0.2, 0.25) is 10.0 Å². The SMILES string of the molecule is O=C(CCOc1cc(Cl)ccc1Cl)NC(CN1CCCC1)[C@H](O)c1ccc2c(c1)OCCO2. The highest BCUT2D eigenvalue weighted by Gasteiger charge is 2.27. The molecule has 1 saturated heterocycles. The lowest BCUT2D eigenvalue weighted by Gasteiger charge is -2.29. The van der Waals surface area contributed by atoms with Crippen molar-refractivity contribution in [3.63, 3.8) is 0 Å². The number of fused-ring (bicyclic) bond motifs is 1. The number of benzene rings is 2. The third kappa shape index (κ3) is 6.44. The van der Waals surface area contributed by atoms with Gasteiger partial charge in [0.2, 0.25) is 5.91 Å². The maximum absolute atomic E-state index is 12.7. The summed E-state index contributed by atoms with van der Waals surface area (Å²) in [4.78, 5) is 15.0. The summed E-state index contributed by atoms with van der Waals surface area (Å²) in [5, 5.41) is 15.1. The number of aliphatic hydroxyl groups is 1. The Bertz CT molecular complexity index is 968. The third-order valence-corrected chi connectivity index (χ3v) is 6.32. The van der Waals surface area contributed by atoms with E-state index in [-0.39, 0.29) is 18.9 Å². The molecule has 2 aromatic rings. The zero-order chi connectivity index (χ0) is 23.2. The van der Waals surface area contributed by atoms with Crippen molar-refractivity contribution in [3.8, 4) is 17.2 Å². The minimum absolute atomic E-state index is 0.118. The normalized spacial score (nSPS) is 17.4. The van der Waals surface area contributed by atoms with Crippen LogP contribution in [0.3, 0.4) is 0 Å². The molecule has 0 aliphatic carbocycles. The second-order valence-electron chi connectivity index (χ2n) is 8.20. The van der Waals surface area contributed by atoms with Gasteiger partial charge in [0.15, 0.2) is 11.5 Å². The zero-order valence-corrected chi connectivity index (χ0v) is 19.8. The van der Waals surface area contributed by atoms with Gasteiger partial charge in [0, 0.05) is 17.6 Å². The molecule has 2 atom stereocenters. The molecule has 0 radical (unpaired) electrons. The van der Waals surface area contributed by atoms with Gasteiger partial charge in [-0.2, -0.15) is 0 Å². The highest BCUT2D eigenvalue weighted by Crippen LogP contribution is 2.33. The van der Waals surface area contributed by atoms with Crippen LogP contribution >= 0.6 is 23.2 Å². The summed E-state index contributed by atoms with van der Waals surface area (Å²) in [5.74, 6) is 1.49. The standard InChI is InChI=1S/C24H28Cl2N2O5/c25-17-4-5-18(26)21(14-17)31-10-7-23(29)27-19(15-28-8-1-2-9-28)24(30)16-3-6-20-22(13-16)33-12-11-32-20/h3-6,13-14,19,24,30H,1-2,7-12,15H2,(H,27,29)/t19?,24-/m1/s1. The number of nitrogens with one attached hydrogen (secondary N) is 1. The van der Waals surface area contributed by atoms with Crippen molar-refractivity contribution in [3.05, 3.63) is 52.0 Å². The molecule has 0 saturated carbocycles. The molecule has 33 heavy (non-hydrogen) atoms. The molecule has 2 aliphatic rings. The minimum atomic E-state index is -0.895. The first kappa shape index (κ1) is 24.0. The maximum atomic E-state index is 12.7. The molecule has 1 amide bonds. The number of nitrogens with zero attached hydrogens (tertiary/aromatic N) is 1. The van der Waals surface area contributed by atoms with Gasteiger partial charge in [0.25, 0.3) is 0 Å². The van der Waals surface area contributed by atoms with Crippen molar-refractivity contribution in [2.75, 3.05) is 39.5 Å². The van der Waals surface area contributed by atoms with Crippen LogP contribution < -0.4 is 19.5 Å². The molecule has 2 N–H and O–H groups in total. The Balaban J connectivity index is 1.39. The van der Waals surface area contributed by atoms with Gasteiger partial charge in [-0.1, -0.05) is 29.3 Å². The Kier molecular flexibility index (Phi) is 8.20. The predicted molar refractivity (Wildman–Crippen MR) is 127 cm³/mol. The largest absolute Gasteiger partial charge is 0.491 e. The summed E-state index contributed by atoms with van der Waals surface area (Å²) in [5.41, 5.74) is 0.672. The average Bonchev–Trinajstić information content (AvgIpc) is 3.33. The first-order valence-corrected chi connectivity index (χ1v) is 11.9. The first-order chi connectivity index (χ1) is 16.0. The summed E-state index contributed by atoms with van der Waals surface area (Å²) in [6, 6.07) is 9.85. The van der Waals surface area contributed by atoms with Crippen molar-refractivity contribution in [1.82, 2.24) is 10.2 Å². The Morgan fingerprint density at radius 1 is 1.09 bits per heavy atom. The lowest BCUT2D eigenvalue weighted by atomic mass is 10.0. The van der Waals surface area contributed by atoms with Gasteiger partial charge in [-0.15, -0.1) is 0 Å². The number of carbonyl (C=O) groups is 1. The smallest absolute Gasteiger partial charge is 0.223 e. The highest BCUT2D eigenvalue weighted by molar-refractivity contribution is 6.34. The van der Waals surface area contributed by atoms with Crippen molar-refractivity contribution in [2.45, 2.75) is 31.4 Å². The van der Waals surface area contributed by atoms with Gasteiger partial charge < -0.3 is 29.5 Å². The van der Waals surface area contributed by atoms with Gasteiger partial charge in [-0.05, 0) is 55.8 Å². The summed E-state index contributed by atoms with van der Waals surface area (Å²) in [6.45, 7) is 3.58. The van der Waals surface area contributed by atoms with E-state index in [0.29, 0.717) is 52.6 Å². The van der Waals surface area contributed by atoms with Crippen LogP contribution in [0.1, 0.15) is 30.9 Å². The number of carbonyl (C=O) groups excluding carboxylic acids is 1. The number of ether oxygens (including phenoxy) is 3. The van der Waals surface area contributed by atoms with Crippen LogP contribution in [-0.2, 0) is 4.79 Å². The molecule has 0 aromatic heterocycles. The first-order valence-electron chi connectivity index (χ1n) is 11.2. The minimum Gasteiger partial charge on any atom is -0.491 e. The van der Waals surface area contributed by atoms with Gasteiger partial charge >= 0.3 is 0 Å². The number of hydrogen-bond donors (Lipinski definition) is 2. The molecule has 7 nitrogen and oxygen atoms in total. The van der Waals surface area contributed by atoms with E-state index >= 15 is 0 Å². The van der Waals surface area contributed by atoms with Gasteiger partial charge in [-0.3, -0.25) is 4.79 Å². The van der Waals surface area contributed by atoms with E-state index in [1.54, 1.807) is 30.3 Å². The molecule has 2 aliphatic heterocycles. The molecule has 2 aromatic carbocycles. The molecule has 0 bridgehead atoms. The molecule has 0 spiro atoms. The van der Waals surface area contributed by atoms with Crippen molar-refractivity contribution >= 4 is 29.1 Å². The van der Waals surface area contributed by atoms with E-state index in [4.69, 9.17) is 37.4 Å². The van der Waals surface area contributed by atoms with E-state index in [1.807, 2.05) is 6.07 Å². The summed E-state index contributed by atoms with van der Waals surface area (Å²) < 4.78 is 16.9. The topological polar surface area (TPSA) is 80.3 Å². The second-order valence-corrected chi connectivity index (χ2v) is 9.05. The Labute approximate surface area is 203 Å². The summed E-state index contributed by atoms with van der Waals surface area (Å²) >= 11 is 12.1. The Morgan fingerprint density at radius 3 is 2.64 bits per heavy atom. The molecule has 4 rings (SSSR count). The van der Waals surface area contributed by atoms with Crippen LogP contribution in [0.4, 0.5) is 0 Å². The van der Waals surface area contributed by atoms with Crippen molar-refractivity contribution in [2.24, 2.45) is 0 Å². The molecule has 178 valence electrons. The highest BCUT2D eigenvalue weighted by atomic mass is 35.5. The van der Waals surface area contributed by atoms with Gasteiger partial charge in [-0.25, -0.2) is 0 Å². The molecular formula is C24H28Cl2N2O5. The number of halogens is 2. The molecular weight excluding hydrogens is 467 g/mol. The number of amides is 1. The van der Waals surface area contributed by atoms with Crippen LogP contribution in [0.5, 0.6) is 17.2 Å². The van der Waals surface area contributed by atoms with Crippen molar-refractivity contribution in [1.29, 1.82) is 0 Å². The van der Waals surface area contributed by atoms with E-state index < -0.39 is 12.1 Å². The number of likely N-dealkylation sites (tertiary alicyclic amines) is 1. The monoisotopic (exact) mass is 494 g/mol. The van der Waals surface area contributed by atoms with Crippen molar-refractivity contribution < 1.29 is 24.1 Å². The number of rotatable bonds is 9. The lowest BCUT2D eigenvalue weighted by molar-refractivity contribution is -0.123. The fraction of sp³-hybridized carbons (Fsp3) is 0.458. The average molecular weight is 495 g/mol. The Hall–Kier alpha value is -2.19. The third-order valence-electron chi connectivity index (χ3n) is 5.77. The summed E-state index contributed by atoms with van der Waals surface area (Å²) in [6.07, 6.45) is 1.46. The quantitative estimate of drug-likeness (QED) is 0.551. The fourth-order valence-electron chi connectivity index (χ4n) is 4.06. The number of hydrogen-bond acceptors (Lipinski definition) is 6. The molecule has 9 heteroatoms. The van der Waals surface area contributed by atoms with Gasteiger partial charge in [0.05, 0.1) is 24.1 Å². The van der Waals surface area contributed by atoms with E-state index in [0.717, 1.165) is 25.9 Å². The predicted octanol–water partition coefficient (Wildman–Crippen LogP) is 3.85. The lowest BCUT2D eigenvalue weighted by Crippen LogP contribution is -2.47. The maximum Gasteiger partial charge on any atom is 0.223 e. The van der Waals surface area contributed by atoms with E-state index in [1.165, 1.54) is 0 Å². The van der Waals surface area contributed by atoms with Crippen LogP contribution in [0, 0.1) is 0 Å². The van der Waals surface area contributed by atoms with E-state index in [2.05, 4.69) is 10.2 Å². The fourth-order valence-corrected chi connectivity index (χ4v) is 4.40. The molecule has 1 fully saturated rings. The summed E-state index contributed by atoms with van der Waals surface area (Å²) in [7, 11) is 0. The van der Waals surface area contributed by atoms with Crippen LogP contribution in [0.15, 0.2) is 36.4 Å². The van der Waals surface area contributed by atoms with E-state index in [9.17, 15) is 9.90 Å². The number of aliphatic hydroxyl groups excluding tert-OH is 1. The van der Waals surface area contributed by atoms with Gasteiger partial charge in [0.1, 0.15) is 25.1 Å². The second kappa shape index (κ2) is 11.3. The van der Waals surface area contributed by atoms with Crippen LogP contribution in [-0.4, -0.2) is 61.4 Å². The Morgan fingerprint density at radius 2 is 1.85 bits per heavy atom.